The highest BCUT2D eigenvalue weighted by molar-refractivity contribution is 9.93. The minimum absolute atomic E-state index is 0. The third kappa shape index (κ3) is 23.1. The van der Waals surface area contributed by atoms with Gasteiger partial charge in [0.2, 0.25) is 0 Å². The van der Waals surface area contributed by atoms with E-state index in [4.69, 9.17) is 11.6 Å². The lowest BCUT2D eigenvalue weighted by Gasteiger charge is -2.24. The summed E-state index contributed by atoms with van der Waals surface area (Å²) in [6, 6.07) is 23.4. The van der Waals surface area contributed by atoms with Crippen molar-refractivity contribution in [2.75, 3.05) is 28.9 Å². The number of aliphatic hydroxyl groups is 4. The molecule has 10 rings (SSSR count). The Labute approximate surface area is 595 Å². The van der Waals surface area contributed by atoms with Crippen LogP contribution in [0.4, 0.5) is 0 Å². The Hall–Kier alpha value is -1.96. The normalized spacial score (nSPS) is 14.9. The van der Waals surface area contributed by atoms with Crippen molar-refractivity contribution >= 4 is 115 Å². The number of alkyl halides is 1. The Balaban J connectivity index is 0.000000530. The summed E-state index contributed by atoms with van der Waals surface area (Å²) in [5.41, 5.74) is 27.0. The molecule has 3 aliphatic heterocycles. The molecule has 0 saturated carbocycles. The SMILES string of the molecule is BrBr.C=C(C)CCl.C=C(C)CSc1cc(C)ccc1C.Cc1cc(Br)c(C)c2c1SCC2(C)C.Cc1cc(C(O)O)c(C)c2c1CCC2(C)C.Cc1cc(C(O)O)c(C)c2c1SCC2(C)C.Cc1ccc(C)c(S)c1.Cc1ccc(C)c2c1SCC2(C)C.O.O. The van der Waals surface area contributed by atoms with Crippen LogP contribution in [0.15, 0.2) is 120 Å². The Morgan fingerprint density at radius 3 is 1.34 bits per heavy atom. The van der Waals surface area contributed by atoms with Crippen LogP contribution in [0.1, 0.15) is 194 Å². The highest BCUT2D eigenvalue weighted by Crippen LogP contribution is 2.51. The fourth-order valence-corrected chi connectivity index (χ4v) is 18.0. The van der Waals surface area contributed by atoms with E-state index in [1.54, 1.807) is 11.1 Å². The third-order valence-corrected chi connectivity index (χ3v) is 24.5. The lowest BCUT2D eigenvalue weighted by atomic mass is 9.81. The summed E-state index contributed by atoms with van der Waals surface area (Å²) >= 11 is 26.4. The van der Waals surface area contributed by atoms with E-state index in [-0.39, 0.29) is 21.8 Å². The second kappa shape index (κ2) is 37.5. The van der Waals surface area contributed by atoms with Crippen molar-refractivity contribution in [3.05, 3.63) is 201 Å². The standard InChI is InChI=1S/C14H20O2.C13H18O2S.C12H15BrS.2C12H16S.C8H10S.C4H7Cl.Br2.2H2O/c1-8-7-11(13(15)16)9(2)12-10(8)5-6-14(12,3)4;1-7-5-9(12(14)15)8(2)10-11(7)16-6-13(10,3)4;1-7-5-9(13)8(2)10-11(7)14-6-12(10,3)4;1-8-5-6-9(2)11-10(8)12(3,4)7-13-11;1-9(2)8-13-12-7-10(3)5-6-11(12)4;1-6-3-4-7(2)8(9)5-6;1-4(2)3-5;1-2;;/h7,13,15-16H,5-6H2,1-4H3;5,12,14-15H,6H2,1-4H3;5H,6H2,1-4H3;5-6H,7H2,1-4H3;5-7H,1,8H2,2-4H3;3-5,9H,1-2H3;1,3H2,2H3;;2*1H2. The number of halogens is 4. The van der Waals surface area contributed by atoms with E-state index in [1.807, 2.05) is 86.9 Å². The number of allylic oxidation sites excluding steroid dienone is 1. The average Bonchev–Trinajstić information content (AvgIpc) is 1.69. The molecule has 0 bridgehead atoms. The molecule has 0 unspecified atom stereocenters. The Morgan fingerprint density at radius 1 is 0.522 bits per heavy atom. The van der Waals surface area contributed by atoms with Crippen LogP contribution >= 0.6 is 115 Å². The van der Waals surface area contributed by atoms with Crippen molar-refractivity contribution < 1.29 is 31.4 Å². The molecule has 4 aliphatic rings. The number of hydrogen-bond acceptors (Lipinski definition) is 9. The lowest BCUT2D eigenvalue weighted by molar-refractivity contribution is -0.0436. The topological polar surface area (TPSA) is 144 Å². The number of thioether (sulfide) groups is 4. The summed E-state index contributed by atoms with van der Waals surface area (Å²) in [5, 5.41) is 37.5. The molecule has 0 spiro atoms. The molecule has 3 heterocycles. The number of aryl methyl sites for hydroxylation is 9. The average molecular weight is 1540 g/mol. The summed E-state index contributed by atoms with van der Waals surface area (Å²) in [7, 11) is 0. The molecule has 0 radical (unpaired) electrons. The van der Waals surface area contributed by atoms with E-state index in [0.29, 0.717) is 27.8 Å². The summed E-state index contributed by atoms with van der Waals surface area (Å²) in [4.78, 5) is 6.82. The molecule has 500 valence electrons. The molecule has 6 aromatic rings. The molecule has 0 fully saturated rings. The summed E-state index contributed by atoms with van der Waals surface area (Å²) in [5.74, 6) is 5.10. The van der Waals surface area contributed by atoms with E-state index in [0.717, 1.165) is 51.5 Å². The van der Waals surface area contributed by atoms with Gasteiger partial charge in [-0.1, -0.05) is 149 Å². The molecule has 8 N–H and O–H groups in total. The maximum atomic E-state index is 9.39. The van der Waals surface area contributed by atoms with Gasteiger partial charge < -0.3 is 31.4 Å². The van der Waals surface area contributed by atoms with Crippen molar-refractivity contribution in [2.24, 2.45) is 0 Å². The number of hydrogen-bond donors (Lipinski definition) is 5. The van der Waals surface area contributed by atoms with Gasteiger partial charge in [-0.3, -0.25) is 0 Å². The van der Waals surface area contributed by atoms with Gasteiger partial charge in [0.1, 0.15) is 0 Å². The highest BCUT2D eigenvalue weighted by atomic mass is 80.9. The van der Waals surface area contributed by atoms with Crippen molar-refractivity contribution in [3.8, 4) is 0 Å². The maximum absolute atomic E-state index is 9.39. The van der Waals surface area contributed by atoms with Crippen LogP contribution in [0.3, 0.4) is 0 Å². The Kier molecular flexibility index (Phi) is 35.9. The van der Waals surface area contributed by atoms with Gasteiger partial charge >= 0.3 is 0 Å². The Bertz CT molecular complexity index is 3320. The zero-order valence-corrected chi connectivity index (χ0v) is 67.4. The van der Waals surface area contributed by atoms with Crippen molar-refractivity contribution in [1.82, 2.24) is 0 Å². The molecular formula is C75H106Br3ClO6S5. The first kappa shape index (κ1) is 86.1. The van der Waals surface area contributed by atoms with Gasteiger partial charge in [0.25, 0.3) is 0 Å². The predicted molar refractivity (Wildman–Crippen MR) is 414 cm³/mol. The number of thiol groups is 1. The second-order valence-corrected chi connectivity index (χ2v) is 32.4. The largest absolute Gasteiger partial charge is 0.412 e. The van der Waals surface area contributed by atoms with Gasteiger partial charge in [0.15, 0.2) is 12.6 Å². The molecule has 0 amide bonds. The molecule has 0 saturated heterocycles. The number of benzene rings is 6. The number of rotatable bonds is 6. The number of aliphatic hydroxyl groups excluding tert-OH is 2. The van der Waals surface area contributed by atoms with Gasteiger partial charge in [-0.15, -0.1) is 71.3 Å². The first-order chi connectivity index (χ1) is 40.7. The fourth-order valence-electron chi connectivity index (χ4n) is 11.7. The van der Waals surface area contributed by atoms with E-state index < -0.39 is 12.6 Å². The zero-order chi connectivity index (χ0) is 67.3. The molecule has 6 aromatic carbocycles. The predicted octanol–water partition coefficient (Wildman–Crippen LogP) is 21.7. The van der Waals surface area contributed by atoms with E-state index in [2.05, 4.69) is 249 Å². The third-order valence-electron chi connectivity index (χ3n) is 16.4. The minimum atomic E-state index is -1.37. The van der Waals surface area contributed by atoms with Gasteiger partial charge in [0, 0.05) is 113 Å². The van der Waals surface area contributed by atoms with Gasteiger partial charge in [-0.25, -0.2) is 0 Å². The zero-order valence-electron chi connectivity index (χ0n) is 57.8. The van der Waals surface area contributed by atoms with Gasteiger partial charge in [-0.05, 0) is 223 Å². The van der Waals surface area contributed by atoms with Crippen LogP contribution in [-0.2, 0) is 28.1 Å². The molecule has 0 atom stereocenters. The van der Waals surface area contributed by atoms with Crippen LogP contribution in [0.25, 0.3) is 0 Å². The monoisotopic (exact) mass is 1530 g/mol. The first-order valence-corrected chi connectivity index (χ1v) is 39.4. The second-order valence-electron chi connectivity index (χ2n) is 26.8. The van der Waals surface area contributed by atoms with Gasteiger partial charge in [0.05, 0.1) is 0 Å². The molecule has 1 aliphatic carbocycles. The molecule has 90 heavy (non-hydrogen) atoms. The van der Waals surface area contributed by atoms with Crippen LogP contribution in [0.5, 0.6) is 0 Å². The van der Waals surface area contributed by atoms with Crippen LogP contribution < -0.4 is 0 Å². The van der Waals surface area contributed by atoms with Crippen LogP contribution in [-0.4, -0.2) is 60.3 Å². The van der Waals surface area contributed by atoms with Gasteiger partial charge in [-0.2, -0.15) is 0 Å². The van der Waals surface area contributed by atoms with Crippen LogP contribution in [0.2, 0.25) is 0 Å². The molecule has 15 heteroatoms. The van der Waals surface area contributed by atoms with Crippen molar-refractivity contribution in [1.29, 1.82) is 0 Å². The van der Waals surface area contributed by atoms with E-state index >= 15 is 0 Å². The molecule has 0 aromatic heterocycles. The Morgan fingerprint density at radius 2 is 0.911 bits per heavy atom. The van der Waals surface area contributed by atoms with Crippen LogP contribution in [0, 0.1) is 83.1 Å². The minimum Gasteiger partial charge on any atom is -0.412 e. The quantitative estimate of drug-likeness (QED) is 0.0365. The molecule has 6 nitrogen and oxygen atoms in total. The highest BCUT2D eigenvalue weighted by Gasteiger charge is 2.37. The molecular weight excluding hydrogens is 1430 g/mol. The first-order valence-electron chi connectivity index (χ1n) is 30.0. The van der Waals surface area contributed by atoms with Crippen molar-refractivity contribution in [2.45, 2.75) is 224 Å². The maximum Gasteiger partial charge on any atom is 0.178 e. The van der Waals surface area contributed by atoms with E-state index in [9.17, 15) is 20.4 Å². The summed E-state index contributed by atoms with van der Waals surface area (Å²) in [6.07, 6.45) is -0.475. The number of fused-ring (bicyclic) bond motifs is 4. The lowest BCUT2D eigenvalue weighted by Crippen LogP contribution is -2.18. The fraction of sp³-hybridized carbons (Fsp3) is 0.467. The smallest absolute Gasteiger partial charge is 0.178 e. The summed E-state index contributed by atoms with van der Waals surface area (Å²) in [6.45, 7) is 55.0. The van der Waals surface area contributed by atoms with Crippen molar-refractivity contribution in [3.63, 3.8) is 0 Å². The van der Waals surface area contributed by atoms with E-state index in [1.165, 1.54) is 108 Å². The summed E-state index contributed by atoms with van der Waals surface area (Å²) < 4.78 is 1.25.